The summed E-state index contributed by atoms with van der Waals surface area (Å²) >= 11 is 0. The van der Waals surface area contributed by atoms with E-state index in [1.165, 1.54) is 19.3 Å². The highest BCUT2D eigenvalue weighted by Crippen LogP contribution is 2.38. The van der Waals surface area contributed by atoms with E-state index >= 15 is 0 Å². The van der Waals surface area contributed by atoms with E-state index in [4.69, 9.17) is 4.98 Å². The molecule has 0 spiro atoms. The van der Waals surface area contributed by atoms with E-state index < -0.39 is 0 Å². The molecule has 2 rings (SSSR count). The summed E-state index contributed by atoms with van der Waals surface area (Å²) in [6, 6.07) is 6.30. The molecular weight excluding hydrogens is 234 g/mol. The maximum atomic E-state index is 4.74. The van der Waals surface area contributed by atoms with Crippen LogP contribution in [0.25, 0.3) is 0 Å². The lowest BCUT2D eigenvalue weighted by Gasteiger charge is -2.26. The van der Waals surface area contributed by atoms with Crippen molar-refractivity contribution < 1.29 is 0 Å². The van der Waals surface area contributed by atoms with E-state index in [9.17, 15) is 0 Å². The number of hydrogen-bond donors (Lipinski definition) is 1. The second-order valence-electron chi connectivity index (χ2n) is 5.69. The number of hydrogen-bond acceptors (Lipinski definition) is 3. The van der Waals surface area contributed by atoms with Gasteiger partial charge in [0.1, 0.15) is 11.6 Å². The molecule has 0 radical (unpaired) electrons. The van der Waals surface area contributed by atoms with Gasteiger partial charge in [0.2, 0.25) is 0 Å². The van der Waals surface area contributed by atoms with Gasteiger partial charge in [-0.1, -0.05) is 26.8 Å². The van der Waals surface area contributed by atoms with Crippen molar-refractivity contribution >= 4 is 11.6 Å². The van der Waals surface area contributed by atoms with Gasteiger partial charge in [-0.05, 0) is 43.2 Å². The Bertz CT molecular complexity index is 399. The number of nitrogens with one attached hydrogen (secondary N) is 1. The molecule has 2 heterocycles. The summed E-state index contributed by atoms with van der Waals surface area (Å²) in [6.45, 7) is 10.1. The van der Waals surface area contributed by atoms with Crippen LogP contribution in [0.1, 0.15) is 46.5 Å². The van der Waals surface area contributed by atoms with Gasteiger partial charge in [0.25, 0.3) is 0 Å². The van der Waals surface area contributed by atoms with Gasteiger partial charge in [-0.2, -0.15) is 0 Å². The molecule has 0 aromatic carbocycles. The molecule has 1 aliphatic heterocycles. The van der Waals surface area contributed by atoms with Gasteiger partial charge in [-0.15, -0.1) is 0 Å². The normalized spacial score (nSPS) is 17.7. The molecule has 1 aliphatic rings. The Morgan fingerprint density at radius 1 is 1.26 bits per heavy atom. The van der Waals surface area contributed by atoms with Gasteiger partial charge in [-0.25, -0.2) is 4.98 Å². The molecular formula is C16H27N3. The minimum Gasteiger partial charge on any atom is -0.370 e. The SMILES string of the molecule is CCCNc1cccc(N2CCC(CC)(CC)C2)n1. The molecule has 106 valence electrons. The number of aromatic nitrogens is 1. The molecule has 1 N–H and O–H groups in total. The largest absolute Gasteiger partial charge is 0.370 e. The molecule has 0 saturated carbocycles. The summed E-state index contributed by atoms with van der Waals surface area (Å²) in [6.07, 6.45) is 4.97. The Hall–Kier alpha value is -1.25. The molecule has 0 amide bonds. The second-order valence-corrected chi connectivity index (χ2v) is 5.69. The van der Waals surface area contributed by atoms with Crippen molar-refractivity contribution in [2.45, 2.75) is 46.5 Å². The molecule has 0 atom stereocenters. The highest BCUT2D eigenvalue weighted by atomic mass is 15.2. The lowest BCUT2D eigenvalue weighted by atomic mass is 9.82. The van der Waals surface area contributed by atoms with Gasteiger partial charge in [0.05, 0.1) is 0 Å². The van der Waals surface area contributed by atoms with Crippen LogP contribution in [0.4, 0.5) is 11.6 Å². The summed E-state index contributed by atoms with van der Waals surface area (Å²) in [4.78, 5) is 7.19. The molecule has 1 aromatic heterocycles. The highest BCUT2D eigenvalue weighted by Gasteiger charge is 2.35. The van der Waals surface area contributed by atoms with Crippen LogP contribution in [0.3, 0.4) is 0 Å². The van der Waals surface area contributed by atoms with Crippen LogP contribution >= 0.6 is 0 Å². The first kappa shape index (κ1) is 14.2. The third-order valence-corrected chi connectivity index (χ3v) is 4.55. The number of rotatable bonds is 6. The van der Waals surface area contributed by atoms with E-state index in [0.717, 1.165) is 37.7 Å². The van der Waals surface area contributed by atoms with Crippen molar-refractivity contribution in [3.8, 4) is 0 Å². The quantitative estimate of drug-likeness (QED) is 0.841. The number of nitrogens with zero attached hydrogens (tertiary/aromatic N) is 2. The summed E-state index contributed by atoms with van der Waals surface area (Å²) in [5.41, 5.74) is 0.508. The molecule has 3 heteroatoms. The van der Waals surface area contributed by atoms with Crippen LogP contribution < -0.4 is 10.2 Å². The van der Waals surface area contributed by atoms with E-state index in [1.54, 1.807) is 0 Å². The molecule has 19 heavy (non-hydrogen) atoms. The van der Waals surface area contributed by atoms with Gasteiger partial charge in [-0.3, -0.25) is 0 Å². The van der Waals surface area contributed by atoms with Crippen molar-refractivity contribution in [2.24, 2.45) is 5.41 Å². The first-order valence-corrected chi connectivity index (χ1v) is 7.69. The zero-order valence-electron chi connectivity index (χ0n) is 12.6. The molecule has 1 fully saturated rings. The predicted molar refractivity (Wildman–Crippen MR) is 82.9 cm³/mol. The van der Waals surface area contributed by atoms with Crippen LogP contribution in [0.5, 0.6) is 0 Å². The van der Waals surface area contributed by atoms with Crippen LogP contribution in [0, 0.1) is 5.41 Å². The lowest BCUT2D eigenvalue weighted by Crippen LogP contribution is -2.26. The summed E-state index contributed by atoms with van der Waals surface area (Å²) < 4.78 is 0. The lowest BCUT2D eigenvalue weighted by molar-refractivity contribution is 0.301. The molecule has 1 aromatic rings. The van der Waals surface area contributed by atoms with E-state index in [-0.39, 0.29) is 0 Å². The maximum absolute atomic E-state index is 4.74. The molecule has 3 nitrogen and oxygen atoms in total. The Morgan fingerprint density at radius 2 is 2.05 bits per heavy atom. The van der Waals surface area contributed by atoms with E-state index in [2.05, 4.69) is 49.2 Å². The van der Waals surface area contributed by atoms with Crippen molar-refractivity contribution in [3.05, 3.63) is 18.2 Å². The van der Waals surface area contributed by atoms with E-state index in [1.807, 2.05) is 0 Å². The molecule has 0 bridgehead atoms. The number of pyridine rings is 1. The summed E-state index contributed by atoms with van der Waals surface area (Å²) in [7, 11) is 0. The highest BCUT2D eigenvalue weighted by molar-refractivity contribution is 5.48. The predicted octanol–water partition coefficient (Wildman–Crippen LogP) is 3.92. The monoisotopic (exact) mass is 261 g/mol. The van der Waals surface area contributed by atoms with Crippen LogP contribution in [-0.2, 0) is 0 Å². The van der Waals surface area contributed by atoms with Gasteiger partial charge >= 0.3 is 0 Å². The second kappa shape index (κ2) is 6.27. The van der Waals surface area contributed by atoms with Gasteiger partial charge < -0.3 is 10.2 Å². The zero-order valence-corrected chi connectivity index (χ0v) is 12.6. The van der Waals surface area contributed by atoms with Gasteiger partial charge in [0.15, 0.2) is 0 Å². The standard InChI is InChI=1S/C16H27N3/c1-4-11-17-14-8-7-9-15(18-14)19-12-10-16(5-2,6-3)13-19/h7-9H,4-6,10-13H2,1-3H3,(H,17,18). The topological polar surface area (TPSA) is 28.2 Å². The molecule has 1 saturated heterocycles. The van der Waals surface area contributed by atoms with Crippen molar-refractivity contribution in [3.63, 3.8) is 0 Å². The van der Waals surface area contributed by atoms with Crippen LogP contribution in [0.15, 0.2) is 18.2 Å². The van der Waals surface area contributed by atoms with Crippen LogP contribution in [0.2, 0.25) is 0 Å². The van der Waals surface area contributed by atoms with Crippen molar-refractivity contribution in [1.29, 1.82) is 0 Å². The van der Waals surface area contributed by atoms with E-state index in [0.29, 0.717) is 5.41 Å². The smallest absolute Gasteiger partial charge is 0.130 e. The Labute approximate surface area is 117 Å². The third kappa shape index (κ3) is 3.20. The fourth-order valence-corrected chi connectivity index (χ4v) is 2.91. The fraction of sp³-hybridized carbons (Fsp3) is 0.688. The fourth-order valence-electron chi connectivity index (χ4n) is 2.91. The third-order valence-electron chi connectivity index (χ3n) is 4.55. The summed E-state index contributed by atoms with van der Waals surface area (Å²) in [5.74, 6) is 2.13. The Morgan fingerprint density at radius 3 is 2.68 bits per heavy atom. The molecule has 0 aliphatic carbocycles. The maximum Gasteiger partial charge on any atom is 0.130 e. The minimum atomic E-state index is 0.508. The average molecular weight is 261 g/mol. The van der Waals surface area contributed by atoms with Crippen molar-refractivity contribution in [1.82, 2.24) is 4.98 Å². The minimum absolute atomic E-state index is 0.508. The summed E-state index contributed by atoms with van der Waals surface area (Å²) in [5, 5.41) is 3.37. The Balaban J connectivity index is 2.06. The zero-order chi connectivity index (χ0) is 13.7. The first-order chi connectivity index (χ1) is 9.23. The Kier molecular flexibility index (Phi) is 4.67. The van der Waals surface area contributed by atoms with Crippen molar-refractivity contribution in [2.75, 3.05) is 29.9 Å². The number of anilines is 2. The molecule has 0 unspecified atom stereocenters. The first-order valence-electron chi connectivity index (χ1n) is 7.69. The van der Waals surface area contributed by atoms with Gasteiger partial charge in [0, 0.05) is 19.6 Å². The van der Waals surface area contributed by atoms with Crippen LogP contribution in [-0.4, -0.2) is 24.6 Å². The average Bonchev–Trinajstić information content (AvgIpc) is 2.91.